The van der Waals surface area contributed by atoms with E-state index >= 15 is 0 Å². The highest BCUT2D eigenvalue weighted by Crippen LogP contribution is 2.21. The summed E-state index contributed by atoms with van der Waals surface area (Å²) in [5.41, 5.74) is 7.46. The lowest BCUT2D eigenvalue weighted by Crippen LogP contribution is -2.16. The standard InChI is InChI=1S/C17H16N6O5S/c24-16(25)10-19-17-20-14(11-5-7-18-8-6-11)9-15(21-17)23-22-12-1-3-13(4-2-12)29(26,27)28/h1-9,22H,10H2,(H,24,25)(H,26,27,28)(H2,19,20,21,23). The number of nitrogens with one attached hydrogen (secondary N) is 3. The monoisotopic (exact) mass is 416 g/mol. The zero-order valence-corrected chi connectivity index (χ0v) is 15.6. The van der Waals surface area contributed by atoms with Crippen LogP contribution in [0.15, 0.2) is 59.8 Å². The van der Waals surface area contributed by atoms with Crippen LogP contribution >= 0.6 is 0 Å². The van der Waals surface area contributed by atoms with Crippen molar-refractivity contribution in [1.29, 1.82) is 0 Å². The molecule has 1 aromatic carbocycles. The number of hydrogen-bond donors (Lipinski definition) is 5. The first kappa shape index (κ1) is 20.0. The van der Waals surface area contributed by atoms with Crippen molar-refractivity contribution in [3.8, 4) is 11.3 Å². The first-order valence-corrected chi connectivity index (χ1v) is 9.60. The molecule has 0 saturated carbocycles. The number of benzene rings is 1. The first-order chi connectivity index (χ1) is 13.8. The van der Waals surface area contributed by atoms with E-state index in [9.17, 15) is 13.2 Å². The van der Waals surface area contributed by atoms with Crippen LogP contribution in [0.2, 0.25) is 0 Å². The zero-order chi connectivity index (χ0) is 20.9. The molecule has 150 valence electrons. The topological polar surface area (TPSA) is 166 Å². The number of hydrogen-bond acceptors (Lipinski definition) is 9. The molecule has 11 nitrogen and oxygen atoms in total. The molecule has 0 radical (unpaired) electrons. The van der Waals surface area contributed by atoms with Crippen LogP contribution in [0, 0.1) is 0 Å². The molecule has 0 saturated heterocycles. The van der Waals surface area contributed by atoms with Gasteiger partial charge in [-0.1, -0.05) is 0 Å². The number of aromatic nitrogens is 3. The highest BCUT2D eigenvalue weighted by Gasteiger charge is 2.10. The van der Waals surface area contributed by atoms with Gasteiger partial charge in [-0.05, 0) is 36.4 Å². The summed E-state index contributed by atoms with van der Waals surface area (Å²) in [5.74, 6) is -0.624. The van der Waals surface area contributed by atoms with Gasteiger partial charge in [0, 0.05) is 24.0 Å². The number of hydrazine groups is 1. The van der Waals surface area contributed by atoms with E-state index in [2.05, 4.69) is 31.1 Å². The highest BCUT2D eigenvalue weighted by molar-refractivity contribution is 7.85. The third-order valence-electron chi connectivity index (χ3n) is 3.59. The van der Waals surface area contributed by atoms with E-state index in [1.54, 1.807) is 30.6 Å². The van der Waals surface area contributed by atoms with Crippen LogP contribution in [0.5, 0.6) is 0 Å². The number of aliphatic carboxylic acids is 1. The predicted molar refractivity (Wildman–Crippen MR) is 105 cm³/mol. The zero-order valence-electron chi connectivity index (χ0n) is 14.8. The Balaban J connectivity index is 1.81. The molecule has 3 rings (SSSR count). The maximum atomic E-state index is 11.1. The van der Waals surface area contributed by atoms with Gasteiger partial charge >= 0.3 is 5.97 Å². The van der Waals surface area contributed by atoms with Gasteiger partial charge in [0.1, 0.15) is 6.54 Å². The molecular weight excluding hydrogens is 400 g/mol. The second kappa shape index (κ2) is 8.50. The summed E-state index contributed by atoms with van der Waals surface area (Å²) in [4.78, 5) is 23.0. The van der Waals surface area contributed by atoms with Gasteiger partial charge in [-0.15, -0.1) is 0 Å². The summed E-state index contributed by atoms with van der Waals surface area (Å²) in [6.07, 6.45) is 3.20. The molecule has 0 aliphatic rings. The molecule has 0 aliphatic heterocycles. The highest BCUT2D eigenvalue weighted by atomic mass is 32.2. The number of carboxylic acids is 1. The van der Waals surface area contributed by atoms with Crippen molar-refractivity contribution >= 4 is 33.5 Å². The molecule has 3 aromatic rings. The van der Waals surface area contributed by atoms with Crippen molar-refractivity contribution in [3.63, 3.8) is 0 Å². The van der Waals surface area contributed by atoms with Crippen molar-refractivity contribution in [3.05, 3.63) is 54.9 Å². The van der Waals surface area contributed by atoms with Gasteiger partial charge in [0.25, 0.3) is 10.1 Å². The fraction of sp³-hybridized carbons (Fsp3) is 0.0588. The van der Waals surface area contributed by atoms with Crippen LogP contribution in [0.25, 0.3) is 11.3 Å². The van der Waals surface area contributed by atoms with Gasteiger partial charge in [-0.25, -0.2) is 4.98 Å². The number of pyridine rings is 1. The van der Waals surface area contributed by atoms with Crippen LogP contribution < -0.4 is 16.2 Å². The van der Waals surface area contributed by atoms with E-state index in [0.717, 1.165) is 5.56 Å². The Kier molecular flexibility index (Phi) is 5.85. The van der Waals surface area contributed by atoms with Crippen molar-refractivity contribution in [1.82, 2.24) is 15.0 Å². The van der Waals surface area contributed by atoms with Gasteiger partial charge in [-0.3, -0.25) is 25.2 Å². The van der Waals surface area contributed by atoms with Gasteiger partial charge in [0.15, 0.2) is 5.82 Å². The summed E-state index contributed by atoms with van der Waals surface area (Å²) in [6, 6.07) is 10.5. The average Bonchev–Trinajstić information content (AvgIpc) is 2.71. The second-order valence-electron chi connectivity index (χ2n) is 5.69. The van der Waals surface area contributed by atoms with E-state index in [0.29, 0.717) is 17.2 Å². The van der Waals surface area contributed by atoms with E-state index < -0.39 is 16.1 Å². The van der Waals surface area contributed by atoms with E-state index in [-0.39, 0.29) is 17.4 Å². The summed E-state index contributed by atoms with van der Waals surface area (Å²) in [5, 5.41) is 11.5. The Morgan fingerprint density at radius 1 is 1.00 bits per heavy atom. The van der Waals surface area contributed by atoms with Crippen LogP contribution in [-0.4, -0.2) is 45.5 Å². The predicted octanol–water partition coefficient (Wildman–Crippen LogP) is 1.72. The summed E-state index contributed by atoms with van der Waals surface area (Å²) in [6.45, 7) is -0.357. The Hall–Kier alpha value is -3.77. The van der Waals surface area contributed by atoms with E-state index in [4.69, 9.17) is 9.66 Å². The molecule has 0 aliphatic carbocycles. The number of carbonyl (C=O) groups is 1. The van der Waals surface area contributed by atoms with Crippen LogP contribution in [0.3, 0.4) is 0 Å². The van der Waals surface area contributed by atoms with Crippen LogP contribution in [0.4, 0.5) is 17.5 Å². The quantitative estimate of drug-likeness (QED) is 0.268. The van der Waals surface area contributed by atoms with Gasteiger partial charge in [0.05, 0.1) is 16.3 Å². The molecular formula is C17H16N6O5S. The molecule has 5 N–H and O–H groups in total. The second-order valence-corrected chi connectivity index (χ2v) is 7.12. The third-order valence-corrected chi connectivity index (χ3v) is 4.45. The minimum atomic E-state index is -4.27. The van der Waals surface area contributed by atoms with Crippen LogP contribution in [0.1, 0.15) is 0 Å². The molecule has 0 atom stereocenters. The van der Waals surface area contributed by atoms with Gasteiger partial charge in [0.2, 0.25) is 5.95 Å². The molecule has 29 heavy (non-hydrogen) atoms. The minimum absolute atomic E-state index is 0.104. The Labute approximate surface area is 165 Å². The van der Waals surface area contributed by atoms with Gasteiger partial charge < -0.3 is 10.4 Å². The Morgan fingerprint density at radius 2 is 1.69 bits per heavy atom. The minimum Gasteiger partial charge on any atom is -0.480 e. The molecule has 0 amide bonds. The average molecular weight is 416 g/mol. The van der Waals surface area contributed by atoms with Gasteiger partial charge in [-0.2, -0.15) is 13.4 Å². The molecule has 0 spiro atoms. The molecule has 2 aromatic heterocycles. The summed E-state index contributed by atoms with van der Waals surface area (Å²) < 4.78 is 31.2. The SMILES string of the molecule is O=C(O)CNc1nc(NNc2ccc(S(=O)(=O)O)cc2)cc(-c2ccncc2)n1. The normalized spacial score (nSPS) is 10.9. The largest absolute Gasteiger partial charge is 0.480 e. The molecule has 12 heteroatoms. The maximum absolute atomic E-state index is 11.1. The molecule has 2 heterocycles. The van der Waals surface area contributed by atoms with Crippen molar-refractivity contribution in [2.45, 2.75) is 4.90 Å². The molecule has 0 bridgehead atoms. The number of carboxylic acid groups (broad SMARTS) is 1. The lowest BCUT2D eigenvalue weighted by molar-refractivity contribution is -0.134. The number of nitrogens with zero attached hydrogens (tertiary/aromatic N) is 3. The third kappa shape index (κ3) is 5.60. The lowest BCUT2D eigenvalue weighted by Gasteiger charge is -2.12. The number of anilines is 3. The van der Waals surface area contributed by atoms with E-state index in [1.807, 2.05) is 0 Å². The molecule has 0 fully saturated rings. The summed E-state index contributed by atoms with van der Waals surface area (Å²) >= 11 is 0. The molecule has 0 unspecified atom stereocenters. The van der Waals surface area contributed by atoms with Crippen molar-refractivity contribution < 1.29 is 22.9 Å². The fourth-order valence-corrected chi connectivity index (χ4v) is 2.74. The smallest absolute Gasteiger partial charge is 0.322 e. The fourth-order valence-electron chi connectivity index (χ4n) is 2.26. The van der Waals surface area contributed by atoms with Crippen molar-refractivity contribution in [2.75, 3.05) is 22.7 Å². The lowest BCUT2D eigenvalue weighted by atomic mass is 10.2. The van der Waals surface area contributed by atoms with E-state index in [1.165, 1.54) is 24.3 Å². The number of rotatable bonds is 8. The van der Waals surface area contributed by atoms with Crippen LogP contribution in [-0.2, 0) is 14.9 Å². The van der Waals surface area contributed by atoms with Crippen molar-refractivity contribution in [2.24, 2.45) is 0 Å². The Morgan fingerprint density at radius 3 is 2.31 bits per heavy atom. The first-order valence-electron chi connectivity index (χ1n) is 8.16. The Bertz CT molecular complexity index is 1110. The maximum Gasteiger partial charge on any atom is 0.322 e. The summed E-state index contributed by atoms with van der Waals surface area (Å²) in [7, 11) is -4.27.